The van der Waals surface area contributed by atoms with Crippen molar-refractivity contribution in [1.82, 2.24) is 0 Å². The molecule has 0 unspecified atom stereocenters. The topological polar surface area (TPSA) is 64.4 Å². The molecule has 82 valence electrons. The molecule has 0 fully saturated rings. The normalized spacial score (nSPS) is 11.8. The van der Waals surface area contributed by atoms with Gasteiger partial charge in [0.05, 0.1) is 0 Å². The van der Waals surface area contributed by atoms with Crippen molar-refractivity contribution in [3.8, 4) is 0 Å². The summed E-state index contributed by atoms with van der Waals surface area (Å²) in [6.45, 7) is 2.21. The van der Waals surface area contributed by atoms with Gasteiger partial charge in [0.1, 0.15) is 5.84 Å². The van der Waals surface area contributed by atoms with Gasteiger partial charge in [0.15, 0.2) is 0 Å². The number of rotatable bonds is 4. The number of hydrogen-bond acceptors (Lipinski definition) is 3. The molecule has 0 radical (unpaired) electrons. The highest BCUT2D eigenvalue weighted by atomic mass is 35.5. The molecule has 0 heterocycles. The highest BCUT2D eigenvalue weighted by Crippen LogP contribution is 2.25. The van der Waals surface area contributed by atoms with Gasteiger partial charge in [-0.1, -0.05) is 29.8 Å². The van der Waals surface area contributed by atoms with E-state index < -0.39 is 0 Å². The lowest BCUT2D eigenvalue weighted by molar-refractivity contribution is 1.06. The minimum atomic E-state index is 0.455. The summed E-state index contributed by atoms with van der Waals surface area (Å²) in [7, 11) is 0. The number of hydrogen-bond donors (Lipinski definition) is 2. The Kier molecular flexibility index (Phi) is 4.94. The Morgan fingerprint density at radius 3 is 2.73 bits per heavy atom. The molecule has 0 aliphatic rings. The highest BCUT2D eigenvalue weighted by molar-refractivity contribution is 7.97. The second kappa shape index (κ2) is 6.00. The van der Waals surface area contributed by atoms with Crippen LogP contribution in [0.4, 0.5) is 0 Å². The van der Waals surface area contributed by atoms with Gasteiger partial charge in [-0.3, -0.25) is 0 Å². The van der Waals surface area contributed by atoms with Crippen molar-refractivity contribution in [2.24, 2.45) is 15.9 Å². The van der Waals surface area contributed by atoms with Crippen LogP contribution >= 0.6 is 23.5 Å². The third-order valence-corrected chi connectivity index (χ3v) is 3.15. The first-order valence-corrected chi connectivity index (χ1v) is 5.85. The van der Waals surface area contributed by atoms with Crippen molar-refractivity contribution in [3.63, 3.8) is 0 Å². The zero-order chi connectivity index (χ0) is 11.3. The van der Waals surface area contributed by atoms with Gasteiger partial charge >= 0.3 is 0 Å². The summed E-state index contributed by atoms with van der Waals surface area (Å²) < 4.78 is 4.04. The average molecular weight is 244 g/mol. The lowest BCUT2D eigenvalue weighted by Crippen LogP contribution is -2.03. The molecular formula is C10H14ClN3S. The van der Waals surface area contributed by atoms with Crippen molar-refractivity contribution in [2.75, 3.05) is 0 Å². The average Bonchev–Trinajstić information content (AvgIpc) is 2.20. The predicted molar refractivity (Wildman–Crippen MR) is 67.9 cm³/mol. The SMILES string of the molecule is C/C(N)=N/SCc1cccc(CN)c1Cl. The molecule has 0 atom stereocenters. The zero-order valence-electron chi connectivity index (χ0n) is 8.53. The summed E-state index contributed by atoms with van der Waals surface area (Å²) in [5, 5.41) is 0.734. The Morgan fingerprint density at radius 2 is 2.13 bits per heavy atom. The van der Waals surface area contributed by atoms with Gasteiger partial charge in [-0.05, 0) is 30.0 Å². The van der Waals surface area contributed by atoms with Gasteiger partial charge in [0.2, 0.25) is 0 Å². The molecule has 4 N–H and O–H groups in total. The van der Waals surface area contributed by atoms with Gasteiger partial charge in [-0.2, -0.15) is 0 Å². The highest BCUT2D eigenvalue weighted by Gasteiger charge is 2.04. The van der Waals surface area contributed by atoms with Crippen molar-refractivity contribution in [3.05, 3.63) is 34.3 Å². The third-order valence-electron chi connectivity index (χ3n) is 1.81. The van der Waals surface area contributed by atoms with E-state index in [-0.39, 0.29) is 0 Å². The molecule has 3 nitrogen and oxygen atoms in total. The molecule has 0 amide bonds. The maximum atomic E-state index is 6.15. The number of amidine groups is 1. The van der Waals surface area contributed by atoms with Crippen molar-refractivity contribution < 1.29 is 0 Å². The van der Waals surface area contributed by atoms with Crippen molar-refractivity contribution in [2.45, 2.75) is 19.2 Å². The minimum Gasteiger partial charge on any atom is -0.387 e. The number of halogens is 1. The van der Waals surface area contributed by atoms with E-state index in [1.54, 1.807) is 6.92 Å². The van der Waals surface area contributed by atoms with Crippen LogP contribution in [0.25, 0.3) is 0 Å². The van der Waals surface area contributed by atoms with E-state index in [4.69, 9.17) is 23.1 Å². The Balaban J connectivity index is 2.73. The van der Waals surface area contributed by atoms with E-state index in [0.717, 1.165) is 16.1 Å². The van der Waals surface area contributed by atoms with Crippen LogP contribution in [0.1, 0.15) is 18.1 Å². The first-order chi connectivity index (χ1) is 7.15. The second-order valence-electron chi connectivity index (χ2n) is 3.10. The van der Waals surface area contributed by atoms with Crippen LogP contribution in [-0.2, 0) is 12.3 Å². The molecule has 0 aliphatic carbocycles. The zero-order valence-corrected chi connectivity index (χ0v) is 10.1. The predicted octanol–water partition coefficient (Wildman–Crippen LogP) is 2.32. The lowest BCUT2D eigenvalue weighted by atomic mass is 10.1. The first-order valence-electron chi connectivity index (χ1n) is 4.53. The van der Waals surface area contributed by atoms with Crippen LogP contribution in [0, 0.1) is 0 Å². The third kappa shape index (κ3) is 3.74. The molecule has 0 spiro atoms. The summed E-state index contributed by atoms with van der Waals surface area (Å²) in [5.41, 5.74) is 13.0. The van der Waals surface area contributed by atoms with E-state index >= 15 is 0 Å². The molecule has 1 aromatic rings. The first kappa shape index (κ1) is 12.4. The fraction of sp³-hybridized carbons (Fsp3) is 0.300. The quantitative estimate of drug-likeness (QED) is 0.485. The molecule has 15 heavy (non-hydrogen) atoms. The van der Waals surface area contributed by atoms with Crippen LogP contribution in [0.3, 0.4) is 0 Å². The summed E-state index contributed by atoms with van der Waals surface area (Å²) in [5.74, 6) is 1.27. The lowest BCUT2D eigenvalue weighted by Gasteiger charge is -2.06. The summed E-state index contributed by atoms with van der Waals surface area (Å²) in [4.78, 5) is 0. The maximum absolute atomic E-state index is 6.15. The molecule has 1 rings (SSSR count). The smallest absolute Gasteiger partial charge is 0.104 e. The van der Waals surface area contributed by atoms with E-state index in [2.05, 4.69) is 4.40 Å². The van der Waals surface area contributed by atoms with Gasteiger partial charge in [-0.25, -0.2) is 4.40 Å². The van der Waals surface area contributed by atoms with E-state index in [1.165, 1.54) is 11.9 Å². The molecule has 0 aliphatic heterocycles. The molecule has 0 saturated carbocycles. The molecule has 1 aromatic carbocycles. The number of benzene rings is 1. The molecule has 0 aromatic heterocycles. The Labute approximate surface area is 99.0 Å². The van der Waals surface area contributed by atoms with Gasteiger partial charge in [-0.15, -0.1) is 0 Å². The van der Waals surface area contributed by atoms with E-state index in [1.807, 2.05) is 18.2 Å². The van der Waals surface area contributed by atoms with Gasteiger partial charge < -0.3 is 11.5 Å². The molecule has 0 saturated heterocycles. The monoisotopic (exact) mass is 243 g/mol. The Hall–Kier alpha value is -0.710. The molecule has 0 bridgehead atoms. The fourth-order valence-electron chi connectivity index (χ4n) is 1.11. The van der Waals surface area contributed by atoms with E-state index in [0.29, 0.717) is 18.1 Å². The van der Waals surface area contributed by atoms with Crippen molar-refractivity contribution in [1.29, 1.82) is 0 Å². The van der Waals surface area contributed by atoms with Crippen LogP contribution < -0.4 is 11.5 Å². The van der Waals surface area contributed by atoms with Crippen LogP contribution in [0.2, 0.25) is 5.02 Å². The Bertz CT molecular complexity index is 362. The minimum absolute atomic E-state index is 0.455. The number of nitrogens with zero attached hydrogens (tertiary/aromatic N) is 1. The fourth-order valence-corrected chi connectivity index (χ4v) is 2.10. The molecule has 5 heteroatoms. The van der Waals surface area contributed by atoms with E-state index in [9.17, 15) is 0 Å². The van der Waals surface area contributed by atoms with Crippen LogP contribution in [-0.4, -0.2) is 5.84 Å². The van der Waals surface area contributed by atoms with Gasteiger partial charge in [0, 0.05) is 17.3 Å². The summed E-state index contributed by atoms with van der Waals surface area (Å²) in [6.07, 6.45) is 0. The van der Waals surface area contributed by atoms with Crippen LogP contribution in [0.5, 0.6) is 0 Å². The van der Waals surface area contributed by atoms with Gasteiger partial charge in [0.25, 0.3) is 0 Å². The summed E-state index contributed by atoms with van der Waals surface area (Å²) in [6, 6.07) is 5.84. The van der Waals surface area contributed by atoms with Crippen molar-refractivity contribution >= 4 is 29.4 Å². The number of nitrogens with two attached hydrogens (primary N) is 2. The largest absolute Gasteiger partial charge is 0.387 e. The maximum Gasteiger partial charge on any atom is 0.104 e. The molecular weight excluding hydrogens is 230 g/mol. The standard InChI is InChI=1S/C10H14ClN3S/c1-7(13)14-15-6-9-4-2-3-8(5-12)10(9)11/h2-4H,5-6,12H2,1H3,(H2,13,14). The Morgan fingerprint density at radius 1 is 1.47 bits per heavy atom. The second-order valence-corrected chi connectivity index (χ2v) is 4.21. The summed E-state index contributed by atoms with van der Waals surface area (Å²) >= 11 is 7.54. The van der Waals surface area contributed by atoms with Crippen LogP contribution in [0.15, 0.2) is 22.6 Å².